The lowest BCUT2D eigenvalue weighted by atomic mass is 9.97. The van der Waals surface area contributed by atoms with Crippen LogP contribution in [0.15, 0.2) is 53.0 Å². The van der Waals surface area contributed by atoms with Crippen LogP contribution in [0.3, 0.4) is 0 Å². The second kappa shape index (κ2) is 7.36. The largest absolute Gasteiger partial charge is 0.342 e. The topological polar surface area (TPSA) is 37.4 Å². The van der Waals surface area contributed by atoms with Gasteiger partial charge in [-0.1, -0.05) is 41.1 Å². The fourth-order valence-electron chi connectivity index (χ4n) is 2.27. The fourth-order valence-corrected chi connectivity index (χ4v) is 2.53. The summed E-state index contributed by atoms with van der Waals surface area (Å²) in [6, 6.07) is 14.1. The van der Waals surface area contributed by atoms with Gasteiger partial charge in [-0.15, -0.1) is 0 Å². The SMILES string of the molecule is CCCN(C)C(=O)c1ccccc1C(=O)c1ccc(Br)cc1. The minimum Gasteiger partial charge on any atom is -0.342 e. The third kappa shape index (κ3) is 3.63. The number of ketones is 1. The fraction of sp³-hybridized carbons (Fsp3) is 0.222. The Labute approximate surface area is 139 Å². The second-order valence-corrected chi connectivity index (χ2v) is 6.02. The van der Waals surface area contributed by atoms with E-state index in [1.165, 1.54) is 0 Å². The molecule has 0 bridgehead atoms. The number of benzene rings is 2. The van der Waals surface area contributed by atoms with E-state index in [2.05, 4.69) is 15.9 Å². The smallest absolute Gasteiger partial charge is 0.254 e. The van der Waals surface area contributed by atoms with Crippen molar-refractivity contribution < 1.29 is 9.59 Å². The van der Waals surface area contributed by atoms with E-state index >= 15 is 0 Å². The predicted octanol–water partition coefficient (Wildman–Crippen LogP) is 4.16. The Morgan fingerprint density at radius 1 is 1.00 bits per heavy atom. The van der Waals surface area contributed by atoms with Crippen molar-refractivity contribution in [2.45, 2.75) is 13.3 Å². The first kappa shape index (κ1) is 16.4. The van der Waals surface area contributed by atoms with Gasteiger partial charge >= 0.3 is 0 Å². The number of rotatable bonds is 5. The molecule has 114 valence electrons. The van der Waals surface area contributed by atoms with Crippen LogP contribution in [0.1, 0.15) is 39.6 Å². The van der Waals surface area contributed by atoms with Crippen LogP contribution >= 0.6 is 15.9 Å². The van der Waals surface area contributed by atoms with Crippen molar-refractivity contribution in [3.8, 4) is 0 Å². The molecule has 0 aliphatic carbocycles. The molecule has 0 N–H and O–H groups in total. The van der Waals surface area contributed by atoms with E-state index in [0.29, 0.717) is 23.2 Å². The molecule has 4 heteroatoms. The van der Waals surface area contributed by atoms with Crippen LogP contribution in [0.25, 0.3) is 0 Å². The normalized spacial score (nSPS) is 10.3. The first-order valence-electron chi connectivity index (χ1n) is 7.19. The molecule has 0 fully saturated rings. The highest BCUT2D eigenvalue weighted by Crippen LogP contribution is 2.18. The molecule has 0 unspecified atom stereocenters. The molecule has 0 heterocycles. The number of halogens is 1. The van der Waals surface area contributed by atoms with Crippen molar-refractivity contribution in [3.63, 3.8) is 0 Å². The quantitative estimate of drug-likeness (QED) is 0.751. The van der Waals surface area contributed by atoms with Crippen LogP contribution in [0.4, 0.5) is 0 Å². The van der Waals surface area contributed by atoms with Crippen LogP contribution in [-0.4, -0.2) is 30.2 Å². The molecule has 2 aromatic carbocycles. The summed E-state index contributed by atoms with van der Waals surface area (Å²) in [6.45, 7) is 2.68. The first-order chi connectivity index (χ1) is 10.5. The minimum atomic E-state index is -0.138. The van der Waals surface area contributed by atoms with Crippen molar-refractivity contribution >= 4 is 27.6 Å². The highest BCUT2D eigenvalue weighted by Gasteiger charge is 2.20. The maximum absolute atomic E-state index is 12.7. The Morgan fingerprint density at radius 3 is 2.18 bits per heavy atom. The standard InChI is InChI=1S/C18H18BrNO2/c1-3-12-20(2)18(22)16-7-5-4-6-15(16)17(21)13-8-10-14(19)11-9-13/h4-11H,3,12H2,1-2H3. The molecule has 0 saturated heterocycles. The van der Waals surface area contributed by atoms with Crippen LogP contribution in [0.2, 0.25) is 0 Å². The van der Waals surface area contributed by atoms with Gasteiger partial charge in [0.25, 0.3) is 5.91 Å². The number of carbonyl (C=O) groups excluding carboxylic acids is 2. The van der Waals surface area contributed by atoms with Crippen LogP contribution in [0, 0.1) is 0 Å². The van der Waals surface area contributed by atoms with Gasteiger partial charge in [-0.25, -0.2) is 0 Å². The number of amides is 1. The predicted molar refractivity (Wildman–Crippen MR) is 91.3 cm³/mol. The molecule has 0 radical (unpaired) electrons. The van der Waals surface area contributed by atoms with Gasteiger partial charge in [-0.3, -0.25) is 9.59 Å². The third-order valence-corrected chi connectivity index (χ3v) is 3.94. The zero-order valence-electron chi connectivity index (χ0n) is 12.7. The van der Waals surface area contributed by atoms with E-state index < -0.39 is 0 Å². The minimum absolute atomic E-state index is 0.122. The molecule has 0 spiro atoms. The van der Waals surface area contributed by atoms with Gasteiger partial charge in [-0.2, -0.15) is 0 Å². The van der Waals surface area contributed by atoms with Gasteiger partial charge in [0.1, 0.15) is 0 Å². The Kier molecular flexibility index (Phi) is 5.50. The summed E-state index contributed by atoms with van der Waals surface area (Å²) in [5, 5.41) is 0. The molecule has 3 nitrogen and oxygen atoms in total. The molecule has 1 amide bonds. The summed E-state index contributed by atoms with van der Waals surface area (Å²) >= 11 is 3.35. The van der Waals surface area contributed by atoms with Crippen molar-refractivity contribution in [1.29, 1.82) is 0 Å². The Hall–Kier alpha value is -1.94. The molecule has 2 rings (SSSR count). The second-order valence-electron chi connectivity index (χ2n) is 5.11. The van der Waals surface area contributed by atoms with E-state index in [1.807, 2.05) is 19.1 Å². The van der Waals surface area contributed by atoms with E-state index in [4.69, 9.17) is 0 Å². The van der Waals surface area contributed by atoms with Gasteiger partial charge in [0.15, 0.2) is 5.78 Å². The van der Waals surface area contributed by atoms with Gasteiger partial charge in [0.05, 0.1) is 5.56 Å². The Balaban J connectivity index is 2.37. The number of carbonyl (C=O) groups is 2. The van der Waals surface area contributed by atoms with Gasteiger partial charge in [0.2, 0.25) is 0 Å². The van der Waals surface area contributed by atoms with Gasteiger partial charge in [0, 0.05) is 29.2 Å². The molecule has 0 aliphatic rings. The van der Waals surface area contributed by atoms with Crippen LogP contribution in [0.5, 0.6) is 0 Å². The zero-order chi connectivity index (χ0) is 16.1. The molecule has 2 aromatic rings. The van der Waals surface area contributed by atoms with Crippen molar-refractivity contribution in [1.82, 2.24) is 4.90 Å². The lowest BCUT2D eigenvalue weighted by Gasteiger charge is -2.18. The molecule has 0 saturated carbocycles. The average molecular weight is 360 g/mol. The molecule has 0 aliphatic heterocycles. The highest BCUT2D eigenvalue weighted by molar-refractivity contribution is 9.10. The van der Waals surface area contributed by atoms with Crippen molar-refractivity contribution in [2.24, 2.45) is 0 Å². The van der Waals surface area contributed by atoms with Crippen molar-refractivity contribution in [2.75, 3.05) is 13.6 Å². The summed E-state index contributed by atoms with van der Waals surface area (Å²) in [6.07, 6.45) is 0.880. The third-order valence-electron chi connectivity index (χ3n) is 3.41. The van der Waals surface area contributed by atoms with Crippen LogP contribution < -0.4 is 0 Å². The lowest BCUT2D eigenvalue weighted by molar-refractivity contribution is 0.0790. The van der Waals surface area contributed by atoms with Gasteiger partial charge in [-0.05, 0) is 36.8 Å². The first-order valence-corrected chi connectivity index (χ1v) is 7.98. The zero-order valence-corrected chi connectivity index (χ0v) is 14.3. The lowest BCUT2D eigenvalue weighted by Crippen LogP contribution is -2.29. The van der Waals surface area contributed by atoms with E-state index in [9.17, 15) is 9.59 Å². The van der Waals surface area contributed by atoms with Gasteiger partial charge < -0.3 is 4.90 Å². The average Bonchev–Trinajstić information content (AvgIpc) is 2.54. The Morgan fingerprint density at radius 2 is 1.59 bits per heavy atom. The molecule has 22 heavy (non-hydrogen) atoms. The monoisotopic (exact) mass is 359 g/mol. The molecule has 0 aromatic heterocycles. The molecular formula is C18H18BrNO2. The number of hydrogen-bond acceptors (Lipinski definition) is 2. The van der Waals surface area contributed by atoms with Crippen molar-refractivity contribution in [3.05, 3.63) is 69.7 Å². The van der Waals surface area contributed by atoms with E-state index in [-0.39, 0.29) is 11.7 Å². The summed E-state index contributed by atoms with van der Waals surface area (Å²) < 4.78 is 0.913. The summed E-state index contributed by atoms with van der Waals surface area (Å²) in [5.74, 6) is -0.260. The highest BCUT2D eigenvalue weighted by atomic mass is 79.9. The number of nitrogens with zero attached hydrogens (tertiary/aromatic N) is 1. The van der Waals surface area contributed by atoms with Crippen LogP contribution in [-0.2, 0) is 0 Å². The molecular weight excluding hydrogens is 342 g/mol. The van der Waals surface area contributed by atoms with E-state index in [1.54, 1.807) is 48.3 Å². The summed E-state index contributed by atoms with van der Waals surface area (Å²) in [7, 11) is 1.76. The number of hydrogen-bond donors (Lipinski definition) is 0. The maximum Gasteiger partial charge on any atom is 0.254 e. The summed E-state index contributed by atoms with van der Waals surface area (Å²) in [4.78, 5) is 26.8. The van der Waals surface area contributed by atoms with E-state index in [0.717, 1.165) is 10.9 Å². The Bertz CT molecular complexity index is 680. The molecule has 0 atom stereocenters. The maximum atomic E-state index is 12.7. The summed E-state index contributed by atoms with van der Waals surface area (Å²) in [5.41, 5.74) is 1.46.